The summed E-state index contributed by atoms with van der Waals surface area (Å²) in [7, 11) is -2.82. The van der Waals surface area contributed by atoms with E-state index >= 15 is 0 Å². The van der Waals surface area contributed by atoms with Gasteiger partial charge in [-0.2, -0.15) is 0 Å². The molecule has 0 radical (unpaired) electrons. The molecule has 1 fully saturated rings. The minimum absolute atomic E-state index is 0.158. The fourth-order valence-electron chi connectivity index (χ4n) is 2.74. The van der Waals surface area contributed by atoms with Gasteiger partial charge in [0.25, 0.3) is 0 Å². The van der Waals surface area contributed by atoms with Crippen LogP contribution in [0.3, 0.4) is 0 Å². The van der Waals surface area contributed by atoms with Crippen LogP contribution in [0.5, 0.6) is 0 Å². The van der Waals surface area contributed by atoms with E-state index in [1.165, 1.54) is 0 Å². The lowest BCUT2D eigenvalue weighted by Gasteiger charge is -2.28. The van der Waals surface area contributed by atoms with Crippen LogP contribution in [-0.2, 0) is 9.30 Å². The van der Waals surface area contributed by atoms with Crippen LogP contribution in [-0.4, -0.2) is 84.8 Å². The van der Waals surface area contributed by atoms with Crippen molar-refractivity contribution in [3.05, 3.63) is 4.64 Å². The van der Waals surface area contributed by atoms with Crippen LogP contribution >= 0.6 is 20.0 Å². The van der Waals surface area contributed by atoms with Gasteiger partial charge >= 0.3 is 7.82 Å². The van der Waals surface area contributed by atoms with Crippen LogP contribution in [0.15, 0.2) is 0 Å². The smallest absolute Gasteiger partial charge is 0.394 e. The highest BCUT2D eigenvalue weighted by Gasteiger charge is 2.47. The third-order valence-corrected chi connectivity index (χ3v) is 4.04. The van der Waals surface area contributed by atoms with Gasteiger partial charge in [0.05, 0.1) is 13.3 Å². The lowest BCUT2D eigenvalue weighted by molar-refractivity contribution is -0.0221. The summed E-state index contributed by atoms with van der Waals surface area (Å²) in [4.78, 5) is 32.0. The summed E-state index contributed by atoms with van der Waals surface area (Å²) in [6.45, 7) is 0.00690. The maximum atomic E-state index is 10.1. The summed E-state index contributed by atoms with van der Waals surface area (Å²) in [6, 6.07) is 0. The summed E-state index contributed by atoms with van der Waals surface area (Å²) in [5, 5.41) is 29.2. The van der Waals surface area contributed by atoms with E-state index in [1.807, 2.05) is 11.9 Å². The number of aliphatic hydroxyl groups excluding tert-OH is 3. The summed E-state index contributed by atoms with van der Waals surface area (Å²) in [5.74, 6) is 0.732. The van der Waals surface area contributed by atoms with Crippen molar-refractivity contribution in [1.29, 1.82) is 0 Å². The van der Waals surface area contributed by atoms with E-state index in [-0.39, 0.29) is 12.6 Å². The number of aliphatic hydroxyl groups is 3. The molecule has 9 N–H and O–H groups in total. The molecule has 2 aliphatic rings. The first kappa shape index (κ1) is 21.0. The predicted octanol–water partition coefficient (Wildman–Crippen LogP) is -2.55. The van der Waals surface area contributed by atoms with Crippen LogP contribution in [0.25, 0.3) is 0 Å². The molecular formula is C11H20N5O8PS. The average molecular weight is 413 g/mol. The van der Waals surface area contributed by atoms with Gasteiger partial charge in [0, 0.05) is 7.05 Å². The van der Waals surface area contributed by atoms with Crippen molar-refractivity contribution in [2.24, 2.45) is 0 Å². The number of fused-ring (bicyclic) bond motifs is 1. The largest absolute Gasteiger partial charge is 0.466 e. The number of aromatic amines is 1. The van der Waals surface area contributed by atoms with E-state index in [0.717, 1.165) is 0 Å². The minimum Gasteiger partial charge on any atom is -0.394 e. The van der Waals surface area contributed by atoms with Gasteiger partial charge in [-0.15, -0.1) is 0 Å². The normalized spacial score (nSPS) is 28.0. The van der Waals surface area contributed by atoms with E-state index in [4.69, 9.17) is 41.9 Å². The number of nitrogens with one attached hydrogen (secondary N) is 1. The molecule has 1 saturated heterocycles. The van der Waals surface area contributed by atoms with Gasteiger partial charge in [-0.1, -0.05) is 12.2 Å². The Hall–Kier alpha value is -1.35. The quantitative estimate of drug-likeness (QED) is 0.186. The molecule has 0 saturated carbocycles. The van der Waals surface area contributed by atoms with Gasteiger partial charge in [0.1, 0.15) is 29.8 Å². The second-order valence-corrected chi connectivity index (χ2v) is 7.09. The summed E-state index contributed by atoms with van der Waals surface area (Å²) in [5.41, 5.74) is 6.36. The van der Waals surface area contributed by atoms with Crippen LogP contribution in [0.2, 0.25) is 0 Å². The number of ether oxygens (including phenoxy) is 1. The molecule has 4 atom stereocenters. The van der Waals surface area contributed by atoms with E-state index in [9.17, 15) is 15.3 Å². The second-order valence-electron chi connectivity index (χ2n) is 5.68. The van der Waals surface area contributed by atoms with Crippen molar-refractivity contribution < 1.29 is 39.3 Å². The highest BCUT2D eigenvalue weighted by atomic mass is 32.1. The Morgan fingerprint density at radius 3 is 2.46 bits per heavy atom. The van der Waals surface area contributed by atoms with Crippen LogP contribution in [0, 0.1) is 4.64 Å². The highest BCUT2D eigenvalue weighted by molar-refractivity contribution is 7.71. The lowest BCUT2D eigenvalue weighted by atomic mass is 10.1. The zero-order chi connectivity index (χ0) is 19.8. The summed E-state index contributed by atoms with van der Waals surface area (Å²) < 4.78 is 14.8. The van der Waals surface area contributed by atoms with Gasteiger partial charge in [0.15, 0.2) is 16.8 Å². The Morgan fingerprint density at radius 1 is 1.38 bits per heavy atom. The highest BCUT2D eigenvalue weighted by Crippen LogP contribution is 2.38. The summed E-state index contributed by atoms with van der Waals surface area (Å²) >= 11 is 5.20. The molecule has 3 rings (SSSR count). The van der Waals surface area contributed by atoms with Crippen molar-refractivity contribution in [3.63, 3.8) is 0 Å². The van der Waals surface area contributed by atoms with Crippen molar-refractivity contribution in [2.75, 3.05) is 35.9 Å². The Morgan fingerprint density at radius 2 is 1.96 bits per heavy atom. The van der Waals surface area contributed by atoms with Crippen molar-refractivity contribution in [2.45, 2.75) is 24.5 Å². The van der Waals surface area contributed by atoms with Crippen molar-refractivity contribution in [3.8, 4) is 0 Å². The number of phosphoric acid groups is 1. The number of rotatable bonds is 2. The van der Waals surface area contributed by atoms with E-state index in [2.05, 4.69) is 9.97 Å². The molecule has 3 heterocycles. The number of nitrogen functional groups attached to an aromatic ring is 1. The first-order valence-corrected chi connectivity index (χ1v) is 9.19. The van der Waals surface area contributed by atoms with E-state index < -0.39 is 32.4 Å². The van der Waals surface area contributed by atoms with Gasteiger partial charge in [-0.05, 0) is 0 Å². The molecule has 0 unspecified atom stereocenters. The first-order valence-electron chi connectivity index (χ1n) is 7.22. The van der Waals surface area contributed by atoms with Crippen LogP contribution in [0.4, 0.5) is 17.5 Å². The zero-order valence-corrected chi connectivity index (χ0v) is 15.2. The predicted molar refractivity (Wildman–Crippen MR) is 91.6 cm³/mol. The SMILES string of the molecule is CN1CN([C@@H]2O[C@H](CO)[C@@H](O)[C@H]2O)c2[nH]c(N)nc(=S)c21.O=P(O)(O)O. The standard InChI is InChI=1S/C11H17N5O4S.H3O4P/c1-15-3-16(8-5(15)9(21)14-11(12)13-8)10-7(19)6(18)4(2-17)20-10;1-5(2,3)4/h4,6-7,10,17-19H,2-3H2,1H3,(H3,12,13,14,21);(H3,1,2,3,4)/t4-,6-,7-,10-;/m1./s1. The Balaban J connectivity index is 0.000000431. The number of hydrogen-bond donors (Lipinski definition) is 8. The molecule has 0 bridgehead atoms. The third-order valence-electron chi connectivity index (χ3n) is 3.75. The lowest BCUT2D eigenvalue weighted by Crippen LogP contribution is -2.45. The number of H-pyrrole nitrogens is 1. The summed E-state index contributed by atoms with van der Waals surface area (Å²) in [6.07, 6.45) is -3.95. The average Bonchev–Trinajstić information content (AvgIpc) is 2.96. The molecule has 15 heteroatoms. The van der Waals surface area contributed by atoms with Gasteiger partial charge in [-0.25, -0.2) is 9.55 Å². The maximum absolute atomic E-state index is 10.1. The molecular weight excluding hydrogens is 393 g/mol. The van der Waals surface area contributed by atoms with Gasteiger partial charge in [0.2, 0.25) is 0 Å². The topological polar surface area (TPSA) is 209 Å². The molecule has 0 amide bonds. The monoisotopic (exact) mass is 413 g/mol. The molecule has 148 valence electrons. The fraction of sp³-hybridized carbons (Fsp3) is 0.636. The molecule has 26 heavy (non-hydrogen) atoms. The number of aromatic nitrogens is 2. The van der Waals surface area contributed by atoms with Crippen LogP contribution in [0.1, 0.15) is 0 Å². The number of nitrogens with two attached hydrogens (primary N) is 1. The molecule has 0 spiro atoms. The Kier molecular flexibility index (Phi) is 6.22. The van der Waals surface area contributed by atoms with E-state index in [0.29, 0.717) is 22.8 Å². The maximum Gasteiger partial charge on any atom is 0.466 e. The third kappa shape index (κ3) is 4.49. The van der Waals surface area contributed by atoms with Gasteiger partial charge < -0.3 is 55.3 Å². The molecule has 2 aliphatic heterocycles. The molecule has 1 aromatic heterocycles. The van der Waals surface area contributed by atoms with Gasteiger partial charge in [-0.3, -0.25) is 0 Å². The molecule has 1 aromatic rings. The Bertz CT molecular complexity index is 750. The van der Waals surface area contributed by atoms with Crippen LogP contribution < -0.4 is 15.5 Å². The first-order chi connectivity index (χ1) is 11.9. The fourth-order valence-corrected chi connectivity index (χ4v) is 3.09. The number of hydrogen-bond acceptors (Lipinski definition) is 10. The van der Waals surface area contributed by atoms with E-state index in [1.54, 1.807) is 4.90 Å². The van der Waals surface area contributed by atoms with Crippen molar-refractivity contribution in [1.82, 2.24) is 9.97 Å². The zero-order valence-electron chi connectivity index (χ0n) is 13.5. The molecule has 0 aliphatic carbocycles. The number of anilines is 3. The second kappa shape index (κ2) is 7.72. The minimum atomic E-state index is -4.64. The number of nitrogens with zero attached hydrogens (tertiary/aromatic N) is 3. The van der Waals surface area contributed by atoms with Crippen molar-refractivity contribution >= 4 is 37.5 Å². The molecule has 0 aromatic carbocycles. The molecule has 13 nitrogen and oxygen atoms in total. The Labute approximate surface area is 152 Å².